The lowest BCUT2D eigenvalue weighted by Crippen LogP contribution is -2.42. The number of rotatable bonds is 9. The van der Waals surface area contributed by atoms with Crippen molar-refractivity contribution in [2.45, 2.75) is 52.6 Å². The van der Waals surface area contributed by atoms with Gasteiger partial charge in [0.15, 0.2) is 0 Å². The molecule has 1 aromatic rings. The highest BCUT2D eigenvalue weighted by molar-refractivity contribution is 7.10. The lowest BCUT2D eigenvalue weighted by Gasteiger charge is -2.33. The Kier molecular flexibility index (Phi) is 7.66. The second kappa shape index (κ2) is 8.72. The SMILES string of the molecule is CCCC(CNCC(C)C)N(C)C(C)c1cccs1. The van der Waals surface area contributed by atoms with Gasteiger partial charge in [-0.05, 0) is 44.3 Å². The Morgan fingerprint density at radius 3 is 2.53 bits per heavy atom. The second-order valence-corrected chi connectivity index (χ2v) is 6.83. The van der Waals surface area contributed by atoms with E-state index in [1.807, 2.05) is 11.3 Å². The fraction of sp³-hybridized carbons (Fsp3) is 0.750. The average Bonchev–Trinajstić information content (AvgIpc) is 2.89. The summed E-state index contributed by atoms with van der Waals surface area (Å²) in [4.78, 5) is 4.00. The molecule has 0 aliphatic carbocycles. The van der Waals surface area contributed by atoms with Crippen molar-refractivity contribution < 1.29 is 0 Å². The van der Waals surface area contributed by atoms with Crippen LogP contribution in [0.4, 0.5) is 0 Å². The Labute approximate surface area is 123 Å². The fourth-order valence-electron chi connectivity index (χ4n) is 2.37. The molecule has 110 valence electrons. The number of likely N-dealkylation sites (N-methyl/N-ethyl adjacent to an activating group) is 1. The molecule has 0 bridgehead atoms. The van der Waals surface area contributed by atoms with Crippen LogP contribution in [0.5, 0.6) is 0 Å². The smallest absolute Gasteiger partial charge is 0.0413 e. The van der Waals surface area contributed by atoms with Gasteiger partial charge in [-0.25, -0.2) is 0 Å². The molecule has 0 radical (unpaired) electrons. The number of thiophene rings is 1. The van der Waals surface area contributed by atoms with Crippen LogP contribution in [-0.4, -0.2) is 31.1 Å². The van der Waals surface area contributed by atoms with Gasteiger partial charge in [0, 0.05) is 23.5 Å². The third kappa shape index (κ3) is 5.64. The van der Waals surface area contributed by atoms with Gasteiger partial charge in [0.05, 0.1) is 0 Å². The number of nitrogens with one attached hydrogen (secondary N) is 1. The van der Waals surface area contributed by atoms with E-state index in [1.54, 1.807) is 0 Å². The molecule has 2 atom stereocenters. The summed E-state index contributed by atoms with van der Waals surface area (Å²) in [6.45, 7) is 11.3. The van der Waals surface area contributed by atoms with E-state index in [4.69, 9.17) is 0 Å². The summed E-state index contributed by atoms with van der Waals surface area (Å²) in [7, 11) is 2.27. The van der Waals surface area contributed by atoms with Crippen molar-refractivity contribution >= 4 is 11.3 Å². The Morgan fingerprint density at radius 1 is 1.26 bits per heavy atom. The third-order valence-corrected chi connectivity index (χ3v) is 4.74. The van der Waals surface area contributed by atoms with Crippen molar-refractivity contribution in [1.82, 2.24) is 10.2 Å². The van der Waals surface area contributed by atoms with Crippen LogP contribution >= 0.6 is 11.3 Å². The molecule has 3 heteroatoms. The molecule has 0 amide bonds. The van der Waals surface area contributed by atoms with E-state index in [9.17, 15) is 0 Å². The molecule has 1 aromatic heterocycles. The first kappa shape index (κ1) is 16.7. The van der Waals surface area contributed by atoms with Crippen molar-refractivity contribution in [3.8, 4) is 0 Å². The molecule has 1 rings (SSSR count). The zero-order chi connectivity index (χ0) is 14.3. The van der Waals surface area contributed by atoms with Crippen LogP contribution in [0.3, 0.4) is 0 Å². The number of hydrogen-bond acceptors (Lipinski definition) is 3. The molecule has 0 aliphatic heterocycles. The summed E-state index contributed by atoms with van der Waals surface area (Å²) in [6.07, 6.45) is 2.51. The number of nitrogens with zero attached hydrogens (tertiary/aromatic N) is 1. The summed E-state index contributed by atoms with van der Waals surface area (Å²) in [5.41, 5.74) is 0. The van der Waals surface area contributed by atoms with Crippen LogP contribution in [0, 0.1) is 5.92 Å². The topological polar surface area (TPSA) is 15.3 Å². The zero-order valence-electron chi connectivity index (χ0n) is 13.1. The van der Waals surface area contributed by atoms with E-state index in [-0.39, 0.29) is 0 Å². The molecule has 2 unspecified atom stereocenters. The van der Waals surface area contributed by atoms with Crippen LogP contribution < -0.4 is 5.32 Å². The van der Waals surface area contributed by atoms with E-state index in [1.165, 1.54) is 17.7 Å². The maximum Gasteiger partial charge on any atom is 0.0413 e. The normalized spacial score (nSPS) is 15.1. The summed E-state index contributed by atoms with van der Waals surface area (Å²) >= 11 is 1.86. The summed E-state index contributed by atoms with van der Waals surface area (Å²) in [6, 6.07) is 5.53. The minimum atomic E-state index is 0.511. The molecule has 19 heavy (non-hydrogen) atoms. The lowest BCUT2D eigenvalue weighted by molar-refractivity contribution is 0.172. The first-order chi connectivity index (χ1) is 9.06. The molecule has 0 fully saturated rings. The predicted octanol–water partition coefficient (Wildman–Crippen LogP) is 4.16. The average molecular weight is 282 g/mol. The Bertz CT molecular complexity index is 321. The second-order valence-electron chi connectivity index (χ2n) is 5.85. The third-order valence-electron chi connectivity index (χ3n) is 3.70. The molecule has 1 heterocycles. The first-order valence-electron chi connectivity index (χ1n) is 7.52. The van der Waals surface area contributed by atoms with Gasteiger partial charge < -0.3 is 5.32 Å². The van der Waals surface area contributed by atoms with Crippen LogP contribution in [0.2, 0.25) is 0 Å². The van der Waals surface area contributed by atoms with E-state index >= 15 is 0 Å². The van der Waals surface area contributed by atoms with Crippen LogP contribution in [0.15, 0.2) is 17.5 Å². The summed E-state index contributed by atoms with van der Waals surface area (Å²) in [5, 5.41) is 5.78. The van der Waals surface area contributed by atoms with Gasteiger partial charge in [0.25, 0.3) is 0 Å². The predicted molar refractivity (Wildman–Crippen MR) is 86.9 cm³/mol. The van der Waals surface area contributed by atoms with Gasteiger partial charge in [-0.3, -0.25) is 4.90 Å². The van der Waals surface area contributed by atoms with E-state index < -0.39 is 0 Å². The Hall–Kier alpha value is -0.380. The molecule has 0 aliphatic rings. The van der Waals surface area contributed by atoms with Crippen molar-refractivity contribution in [3.05, 3.63) is 22.4 Å². The first-order valence-corrected chi connectivity index (χ1v) is 8.40. The molecular formula is C16H30N2S. The molecule has 0 spiro atoms. The molecular weight excluding hydrogens is 252 g/mol. The van der Waals surface area contributed by atoms with E-state index in [0.717, 1.165) is 19.0 Å². The molecule has 0 saturated heterocycles. The van der Waals surface area contributed by atoms with Gasteiger partial charge in [0.1, 0.15) is 0 Å². The van der Waals surface area contributed by atoms with Gasteiger partial charge >= 0.3 is 0 Å². The quantitative estimate of drug-likeness (QED) is 0.732. The highest BCUT2D eigenvalue weighted by Gasteiger charge is 2.20. The molecule has 0 saturated carbocycles. The summed E-state index contributed by atoms with van der Waals surface area (Å²) in [5.74, 6) is 0.724. The van der Waals surface area contributed by atoms with Gasteiger partial charge in [-0.1, -0.05) is 33.3 Å². The van der Waals surface area contributed by atoms with E-state index in [0.29, 0.717) is 12.1 Å². The maximum absolute atomic E-state index is 3.61. The van der Waals surface area contributed by atoms with Crippen molar-refractivity contribution in [3.63, 3.8) is 0 Å². The van der Waals surface area contributed by atoms with Crippen LogP contribution in [-0.2, 0) is 0 Å². The molecule has 2 nitrogen and oxygen atoms in total. The van der Waals surface area contributed by atoms with E-state index in [2.05, 4.69) is 62.5 Å². The van der Waals surface area contributed by atoms with Crippen LogP contribution in [0.1, 0.15) is 51.5 Å². The molecule has 1 N–H and O–H groups in total. The monoisotopic (exact) mass is 282 g/mol. The highest BCUT2D eigenvalue weighted by atomic mass is 32.1. The minimum Gasteiger partial charge on any atom is -0.315 e. The van der Waals surface area contributed by atoms with Crippen molar-refractivity contribution in [2.75, 3.05) is 20.1 Å². The standard InChI is InChI=1S/C16H30N2S/c1-6-8-15(12-17-11-13(2)3)18(5)14(4)16-9-7-10-19-16/h7,9-10,13-15,17H,6,8,11-12H2,1-5H3. The minimum absolute atomic E-state index is 0.511. The van der Waals surface area contributed by atoms with Gasteiger partial charge in [0.2, 0.25) is 0 Å². The summed E-state index contributed by atoms with van der Waals surface area (Å²) < 4.78 is 0. The van der Waals surface area contributed by atoms with Crippen LogP contribution in [0.25, 0.3) is 0 Å². The zero-order valence-corrected chi connectivity index (χ0v) is 14.0. The molecule has 0 aromatic carbocycles. The van der Waals surface area contributed by atoms with Crippen molar-refractivity contribution in [1.29, 1.82) is 0 Å². The lowest BCUT2D eigenvalue weighted by atomic mass is 10.1. The largest absolute Gasteiger partial charge is 0.315 e. The fourth-order valence-corrected chi connectivity index (χ4v) is 3.20. The highest BCUT2D eigenvalue weighted by Crippen LogP contribution is 2.25. The number of hydrogen-bond donors (Lipinski definition) is 1. The maximum atomic E-state index is 3.61. The van der Waals surface area contributed by atoms with Gasteiger partial charge in [-0.15, -0.1) is 11.3 Å². The van der Waals surface area contributed by atoms with Crippen molar-refractivity contribution in [2.24, 2.45) is 5.92 Å². The Balaban J connectivity index is 2.53. The Morgan fingerprint density at radius 2 is 2.00 bits per heavy atom. The van der Waals surface area contributed by atoms with Gasteiger partial charge in [-0.2, -0.15) is 0 Å².